The highest BCUT2D eigenvalue weighted by Crippen LogP contribution is 2.07. The predicted octanol–water partition coefficient (Wildman–Crippen LogP) is 0.748. The van der Waals surface area contributed by atoms with Crippen molar-refractivity contribution >= 4 is 6.09 Å². The lowest BCUT2D eigenvalue weighted by molar-refractivity contribution is 0.0446. The van der Waals surface area contributed by atoms with Crippen LogP contribution in [0.25, 0.3) is 0 Å². The maximum atomic E-state index is 11.4. The molecule has 0 saturated carbocycles. The van der Waals surface area contributed by atoms with Gasteiger partial charge in [-0.25, -0.2) is 4.79 Å². The Morgan fingerprint density at radius 2 is 2.00 bits per heavy atom. The highest BCUT2D eigenvalue weighted by Gasteiger charge is 2.19. The molecular weight excluding hydrogens is 194 g/mol. The minimum absolute atomic E-state index is 0.0788. The van der Waals surface area contributed by atoms with E-state index in [1.54, 1.807) is 0 Å². The Morgan fingerprint density at radius 1 is 1.47 bits per heavy atom. The van der Waals surface area contributed by atoms with Crippen molar-refractivity contribution in [1.82, 2.24) is 10.2 Å². The minimum atomic E-state index is -0.469. The number of rotatable bonds is 4. The third-order valence-electron chi connectivity index (χ3n) is 1.75. The number of alkyl carbamates (subject to hydrolysis) is 1. The lowest BCUT2D eigenvalue weighted by Gasteiger charge is -2.27. The van der Waals surface area contributed by atoms with Crippen LogP contribution in [0.4, 0.5) is 4.79 Å². The lowest BCUT2D eigenvalue weighted by Crippen LogP contribution is -2.47. The normalized spacial score (nSPS) is 13.8. The van der Waals surface area contributed by atoms with E-state index in [0.29, 0.717) is 13.0 Å². The summed E-state index contributed by atoms with van der Waals surface area (Å²) >= 11 is 0. The van der Waals surface area contributed by atoms with Crippen molar-refractivity contribution in [2.45, 2.75) is 39.0 Å². The molecule has 3 N–H and O–H groups in total. The average Bonchev–Trinajstić information content (AvgIpc) is 1.99. The number of nitrogens with two attached hydrogens (primary N) is 1. The van der Waals surface area contributed by atoms with E-state index in [1.165, 1.54) is 0 Å². The molecule has 90 valence electrons. The van der Waals surface area contributed by atoms with Crippen LogP contribution in [0.1, 0.15) is 27.2 Å². The molecule has 0 aliphatic heterocycles. The van der Waals surface area contributed by atoms with Gasteiger partial charge in [-0.15, -0.1) is 0 Å². The highest BCUT2D eigenvalue weighted by atomic mass is 16.6. The second kappa shape index (κ2) is 5.92. The third kappa shape index (κ3) is 7.16. The Bertz CT molecular complexity index is 199. The summed E-state index contributed by atoms with van der Waals surface area (Å²) < 4.78 is 5.15. The summed E-state index contributed by atoms with van der Waals surface area (Å²) in [4.78, 5) is 13.3. The molecule has 5 nitrogen and oxygen atoms in total. The fourth-order valence-corrected chi connectivity index (χ4v) is 1.06. The van der Waals surface area contributed by atoms with E-state index in [4.69, 9.17) is 10.5 Å². The molecule has 0 fully saturated rings. The molecule has 0 bridgehead atoms. The fraction of sp³-hybridized carbons (Fsp3) is 0.900. The summed E-state index contributed by atoms with van der Waals surface area (Å²) in [5, 5.41) is 2.76. The summed E-state index contributed by atoms with van der Waals surface area (Å²) in [6.45, 7) is 6.03. The predicted molar refractivity (Wildman–Crippen MR) is 60.5 cm³/mol. The minimum Gasteiger partial charge on any atom is -0.444 e. The first kappa shape index (κ1) is 14.2. The Morgan fingerprint density at radius 3 is 2.33 bits per heavy atom. The molecule has 0 rings (SSSR count). The summed E-state index contributed by atoms with van der Waals surface area (Å²) in [5.74, 6) is 0. The van der Waals surface area contributed by atoms with Crippen molar-refractivity contribution in [2.75, 3.05) is 20.6 Å². The van der Waals surface area contributed by atoms with Gasteiger partial charge in [-0.2, -0.15) is 0 Å². The van der Waals surface area contributed by atoms with Crippen LogP contribution in [0.15, 0.2) is 0 Å². The molecule has 1 amide bonds. The zero-order chi connectivity index (χ0) is 12.1. The van der Waals surface area contributed by atoms with Gasteiger partial charge in [-0.3, -0.25) is 4.90 Å². The summed E-state index contributed by atoms with van der Waals surface area (Å²) in [5.41, 5.74) is 4.98. The molecule has 0 aromatic carbocycles. The van der Waals surface area contributed by atoms with Crippen LogP contribution in [-0.4, -0.2) is 43.4 Å². The van der Waals surface area contributed by atoms with Gasteiger partial charge in [0.2, 0.25) is 0 Å². The topological polar surface area (TPSA) is 67.6 Å². The van der Waals surface area contributed by atoms with Gasteiger partial charge in [0.15, 0.2) is 0 Å². The van der Waals surface area contributed by atoms with Crippen LogP contribution in [0.3, 0.4) is 0 Å². The van der Waals surface area contributed by atoms with Crippen molar-refractivity contribution in [2.24, 2.45) is 5.73 Å². The molecule has 5 heteroatoms. The number of nitrogens with one attached hydrogen (secondary N) is 1. The van der Waals surface area contributed by atoms with E-state index < -0.39 is 11.7 Å². The molecule has 0 spiro atoms. The first-order chi connectivity index (χ1) is 6.76. The van der Waals surface area contributed by atoms with E-state index in [1.807, 2.05) is 39.8 Å². The van der Waals surface area contributed by atoms with Gasteiger partial charge < -0.3 is 15.8 Å². The fourth-order valence-electron chi connectivity index (χ4n) is 1.06. The standard InChI is InChI=1S/C10H23N3O2/c1-10(2,3)15-9(14)12-8(6-7-11)13(4)5/h8H,6-7,11H2,1-5H3,(H,12,14). The molecule has 0 aliphatic carbocycles. The van der Waals surface area contributed by atoms with Gasteiger partial charge in [0.05, 0.1) is 6.17 Å². The molecule has 0 aromatic rings. The number of hydrogen-bond acceptors (Lipinski definition) is 4. The number of carbonyl (C=O) groups excluding carboxylic acids is 1. The van der Waals surface area contributed by atoms with Crippen molar-refractivity contribution < 1.29 is 9.53 Å². The van der Waals surface area contributed by atoms with Crippen LogP contribution in [-0.2, 0) is 4.74 Å². The second-order valence-corrected chi connectivity index (χ2v) is 4.70. The molecule has 15 heavy (non-hydrogen) atoms. The number of amides is 1. The molecule has 0 heterocycles. The SMILES string of the molecule is CN(C)C(CCN)NC(=O)OC(C)(C)C. The van der Waals surface area contributed by atoms with E-state index >= 15 is 0 Å². The lowest BCUT2D eigenvalue weighted by atomic mass is 10.2. The van der Waals surface area contributed by atoms with E-state index in [2.05, 4.69) is 5.32 Å². The van der Waals surface area contributed by atoms with E-state index in [9.17, 15) is 4.79 Å². The molecule has 0 radical (unpaired) electrons. The van der Waals surface area contributed by atoms with Crippen molar-refractivity contribution in [3.63, 3.8) is 0 Å². The summed E-state index contributed by atoms with van der Waals surface area (Å²) in [7, 11) is 3.77. The Balaban J connectivity index is 4.11. The van der Waals surface area contributed by atoms with Crippen LogP contribution in [0.2, 0.25) is 0 Å². The van der Waals surface area contributed by atoms with E-state index in [0.717, 1.165) is 0 Å². The highest BCUT2D eigenvalue weighted by molar-refractivity contribution is 5.67. The maximum absolute atomic E-state index is 11.4. The molecular formula is C10H23N3O2. The zero-order valence-electron chi connectivity index (χ0n) is 10.3. The molecule has 0 saturated heterocycles. The van der Waals surface area contributed by atoms with Crippen molar-refractivity contribution in [1.29, 1.82) is 0 Å². The third-order valence-corrected chi connectivity index (χ3v) is 1.75. The molecule has 1 atom stereocenters. The molecule has 0 aliphatic rings. The Hall–Kier alpha value is -0.810. The Labute approximate surface area is 91.9 Å². The molecule has 1 unspecified atom stereocenters. The smallest absolute Gasteiger partial charge is 0.408 e. The van der Waals surface area contributed by atoms with Crippen LogP contribution in [0, 0.1) is 0 Å². The van der Waals surface area contributed by atoms with Gasteiger partial charge in [-0.05, 0) is 47.8 Å². The summed E-state index contributed by atoms with van der Waals surface area (Å²) in [6.07, 6.45) is 0.214. The second-order valence-electron chi connectivity index (χ2n) is 4.70. The molecule has 0 aromatic heterocycles. The Kier molecular flexibility index (Phi) is 5.60. The number of nitrogens with zero attached hydrogens (tertiary/aromatic N) is 1. The first-order valence-corrected chi connectivity index (χ1v) is 5.12. The largest absolute Gasteiger partial charge is 0.444 e. The van der Waals surface area contributed by atoms with Gasteiger partial charge in [0.1, 0.15) is 5.60 Å². The van der Waals surface area contributed by atoms with Gasteiger partial charge in [0, 0.05) is 0 Å². The zero-order valence-corrected chi connectivity index (χ0v) is 10.3. The number of hydrogen-bond donors (Lipinski definition) is 2. The first-order valence-electron chi connectivity index (χ1n) is 5.12. The quantitative estimate of drug-likeness (QED) is 0.682. The van der Waals surface area contributed by atoms with Crippen LogP contribution >= 0.6 is 0 Å². The number of ether oxygens (including phenoxy) is 1. The monoisotopic (exact) mass is 217 g/mol. The average molecular weight is 217 g/mol. The van der Waals surface area contributed by atoms with Gasteiger partial charge in [-0.1, -0.05) is 0 Å². The van der Waals surface area contributed by atoms with Crippen molar-refractivity contribution in [3.05, 3.63) is 0 Å². The van der Waals surface area contributed by atoms with Gasteiger partial charge >= 0.3 is 6.09 Å². The van der Waals surface area contributed by atoms with Crippen LogP contribution in [0.5, 0.6) is 0 Å². The van der Waals surface area contributed by atoms with Crippen molar-refractivity contribution in [3.8, 4) is 0 Å². The van der Waals surface area contributed by atoms with Gasteiger partial charge in [0.25, 0.3) is 0 Å². The van der Waals surface area contributed by atoms with E-state index in [-0.39, 0.29) is 6.17 Å². The number of carbonyl (C=O) groups is 1. The van der Waals surface area contributed by atoms with Crippen LogP contribution < -0.4 is 11.1 Å². The maximum Gasteiger partial charge on any atom is 0.408 e. The summed E-state index contributed by atoms with van der Waals surface area (Å²) in [6, 6.07) is 0.